The van der Waals surface area contributed by atoms with Crippen molar-refractivity contribution in [2.45, 2.75) is 101 Å². The van der Waals surface area contributed by atoms with Gasteiger partial charge in [0.15, 0.2) is 0 Å². The number of nitrogens with zero attached hydrogens (tertiary/aromatic N) is 2. The van der Waals surface area contributed by atoms with Crippen molar-refractivity contribution in [3.63, 3.8) is 0 Å². The predicted molar refractivity (Wildman–Crippen MR) is 322 cm³/mol. The van der Waals surface area contributed by atoms with Crippen molar-refractivity contribution in [3.05, 3.63) is 173 Å². The molecule has 2 aliphatic heterocycles. The number of benzene rings is 5. The van der Waals surface area contributed by atoms with Crippen LogP contribution in [-0.4, -0.2) is 148 Å². The summed E-state index contributed by atoms with van der Waals surface area (Å²) in [5.74, 6) is -4.46. The zero-order valence-electron chi connectivity index (χ0n) is 49.8. The molecule has 2 heterocycles. The smallest absolute Gasteiger partial charge is 0.373 e. The van der Waals surface area contributed by atoms with Gasteiger partial charge in [-0.2, -0.15) is 9.59 Å². The van der Waals surface area contributed by atoms with Gasteiger partial charge in [-0.1, -0.05) is 142 Å². The first-order chi connectivity index (χ1) is 42.2. The second-order valence-electron chi connectivity index (χ2n) is 25.1. The molecule has 4 N–H and O–H groups in total. The molecule has 11 rings (SSSR count). The van der Waals surface area contributed by atoms with Gasteiger partial charge in [0, 0.05) is 86.2 Å². The molecule has 0 aromatic heterocycles. The number of hydrogen-bond donors (Lipinski definition) is 4. The van der Waals surface area contributed by atoms with E-state index < -0.39 is 35.5 Å². The third-order valence-corrected chi connectivity index (χ3v) is 17.6. The molecule has 2 saturated heterocycles. The molecule has 6 aliphatic rings. The molecule has 458 valence electrons. The van der Waals surface area contributed by atoms with Gasteiger partial charge >= 0.3 is 6.15 Å². The number of rotatable bonds is 26. The maximum absolute atomic E-state index is 15.0. The molecule has 6 fully saturated rings. The average Bonchev–Trinajstić information content (AvgIpc) is 3.16. The van der Waals surface area contributed by atoms with Crippen molar-refractivity contribution in [1.29, 1.82) is 0 Å². The Balaban J connectivity index is 0.00000274. The lowest BCUT2D eigenvalue weighted by molar-refractivity contribution is -0.191. The van der Waals surface area contributed by atoms with E-state index in [1.54, 1.807) is 21.9 Å². The minimum atomic E-state index is -0.825. The first-order valence-corrected chi connectivity index (χ1v) is 30.7. The van der Waals surface area contributed by atoms with Crippen molar-refractivity contribution >= 4 is 41.6 Å². The lowest BCUT2D eigenvalue weighted by Crippen LogP contribution is -2.43. The molecule has 0 spiro atoms. The van der Waals surface area contributed by atoms with Gasteiger partial charge in [-0.15, -0.1) is 0 Å². The average molecular weight is 1190 g/mol. The zero-order chi connectivity index (χ0) is 61.0. The molecule has 18 nitrogen and oxygen atoms in total. The summed E-state index contributed by atoms with van der Waals surface area (Å²) in [5, 5.41) is 12.9. The van der Waals surface area contributed by atoms with E-state index in [-0.39, 0.29) is 146 Å². The summed E-state index contributed by atoms with van der Waals surface area (Å²) in [6, 6.07) is 44.5. The quantitative estimate of drug-likeness (QED) is 0.0409. The highest BCUT2D eigenvalue weighted by atomic mass is 16.6. The normalized spacial score (nSPS) is 25.6. The van der Waals surface area contributed by atoms with E-state index in [1.165, 1.54) is 6.07 Å². The second-order valence-corrected chi connectivity index (χ2v) is 25.1. The van der Waals surface area contributed by atoms with Crippen LogP contribution >= 0.6 is 0 Å². The number of hydrogen-bond acceptors (Lipinski definition) is 12. The van der Waals surface area contributed by atoms with Crippen molar-refractivity contribution in [3.8, 4) is 5.75 Å². The lowest BCUT2D eigenvalue weighted by atomic mass is 9.93. The monoisotopic (exact) mass is 1180 g/mol. The molecule has 87 heavy (non-hydrogen) atoms. The van der Waals surface area contributed by atoms with Gasteiger partial charge in [-0.05, 0) is 78.0 Å². The van der Waals surface area contributed by atoms with Crippen LogP contribution in [0.3, 0.4) is 0 Å². The van der Waals surface area contributed by atoms with E-state index >= 15 is 4.79 Å². The highest BCUT2D eigenvalue weighted by Gasteiger charge is 2.51. The summed E-state index contributed by atoms with van der Waals surface area (Å²) >= 11 is 0. The van der Waals surface area contributed by atoms with Gasteiger partial charge in [0.25, 0.3) is 11.8 Å². The Labute approximate surface area is 508 Å². The van der Waals surface area contributed by atoms with E-state index in [9.17, 15) is 24.0 Å². The number of nitrogens with one attached hydrogen (secondary N) is 4. The molecule has 12 atom stereocenters. The van der Waals surface area contributed by atoms with Gasteiger partial charge in [0.2, 0.25) is 23.6 Å². The molecular formula is C69H80N6O12. The Morgan fingerprint density at radius 2 is 0.747 bits per heavy atom. The van der Waals surface area contributed by atoms with Crippen LogP contribution in [0.4, 0.5) is 0 Å². The van der Waals surface area contributed by atoms with Crippen LogP contribution in [0.15, 0.2) is 140 Å². The summed E-state index contributed by atoms with van der Waals surface area (Å²) in [4.78, 5) is 107. The first-order valence-electron chi connectivity index (χ1n) is 30.7. The Hall–Kier alpha value is -8.02. The van der Waals surface area contributed by atoms with E-state index in [1.807, 2.05) is 72.8 Å². The highest BCUT2D eigenvalue weighted by molar-refractivity contribution is 6.02. The van der Waals surface area contributed by atoms with Crippen molar-refractivity contribution < 1.29 is 57.3 Å². The van der Waals surface area contributed by atoms with Crippen molar-refractivity contribution in [2.24, 2.45) is 29.1 Å². The molecular weight excluding hydrogens is 1100 g/mol. The van der Waals surface area contributed by atoms with E-state index in [0.29, 0.717) is 26.4 Å². The maximum Gasteiger partial charge on any atom is 0.373 e. The fraction of sp³-hybridized carbons (Fsp3) is 0.464. The number of likely N-dealkylation sites (tertiary alicyclic amines) is 2. The van der Waals surface area contributed by atoms with Crippen LogP contribution in [0.25, 0.3) is 0 Å². The molecule has 18 heteroatoms. The van der Waals surface area contributed by atoms with E-state index in [4.69, 9.17) is 28.5 Å². The molecule has 5 aromatic carbocycles. The van der Waals surface area contributed by atoms with Crippen molar-refractivity contribution in [1.82, 2.24) is 31.1 Å². The Kier molecular flexibility index (Phi) is 20.4. The summed E-state index contributed by atoms with van der Waals surface area (Å²) in [7, 11) is 0. The Bertz CT molecular complexity index is 3060. The fourth-order valence-corrected chi connectivity index (χ4v) is 12.3. The van der Waals surface area contributed by atoms with Crippen LogP contribution in [0.5, 0.6) is 5.75 Å². The fourth-order valence-electron chi connectivity index (χ4n) is 12.3. The van der Waals surface area contributed by atoms with Crippen LogP contribution in [0.1, 0.15) is 120 Å². The standard InChI is InChI=1S/C68H80N6O10.CO2/c1-68(2,3)26-27-81-28-29-82-30-31-83-32-33-84-61-34-47(66(79)73-39-53(62(75)69-57-35-49(57)43-16-8-4-9-17-43)54(40-73)63(76)70-58-36-50(58)44-18-10-5-11-19-44)24-25-48(61)67(80)74-41-55(64(77)71-59-37-51(59)45-20-12-6-13-21-45)56(42-74)65(78)72-60-38-52(60)46-22-14-7-15-23-46;2-1-3/h4-25,34,49-60H,26-33,35-42H2,1-3H3,(H,69,75)(H,70,76)(H,71,77)(H,72,78);/t49-,50-,51-,52-,53-,54-,55-,56-,57+,58+,59+,60+;/m1./s1. The van der Waals surface area contributed by atoms with Crippen LogP contribution in [0, 0.1) is 29.1 Å². The minimum Gasteiger partial charge on any atom is -0.490 e. The number of ether oxygens (including phenoxy) is 4. The molecule has 4 aliphatic carbocycles. The van der Waals surface area contributed by atoms with E-state index in [0.717, 1.165) is 54.4 Å². The molecule has 0 radical (unpaired) electrons. The van der Waals surface area contributed by atoms with Crippen LogP contribution in [0.2, 0.25) is 0 Å². The van der Waals surface area contributed by atoms with Crippen LogP contribution < -0.4 is 26.0 Å². The SMILES string of the molecule is CC(C)(C)CCOCCOCCOCCOc1cc(C(=O)N2C[C@@H](C(=O)N[C@H]3C[C@@H]3c3ccccc3)[C@H](C(=O)N[C@H]3C[C@@H]3c3ccccc3)C2)ccc1C(=O)N1C[C@@H](C(=O)N[C@H]2C[C@@H]2c2ccccc2)[C@H](C(=O)N[C@H]2C[C@@H]2c2ccccc2)C1.O=C=O. The number of carbonyl (C=O) groups is 6. The van der Waals surface area contributed by atoms with Gasteiger partial charge < -0.3 is 50.0 Å². The molecule has 0 unspecified atom stereocenters. The van der Waals surface area contributed by atoms with Gasteiger partial charge in [-0.25, -0.2) is 0 Å². The zero-order valence-corrected chi connectivity index (χ0v) is 49.8. The van der Waals surface area contributed by atoms with E-state index in [2.05, 4.69) is 90.6 Å². The predicted octanol–water partition coefficient (Wildman–Crippen LogP) is 7.03. The summed E-state index contributed by atoms with van der Waals surface area (Å²) in [5.41, 5.74) is 5.09. The van der Waals surface area contributed by atoms with Gasteiger partial charge in [-0.3, -0.25) is 28.8 Å². The second kappa shape index (κ2) is 28.7. The maximum atomic E-state index is 15.0. The highest BCUT2D eigenvalue weighted by Crippen LogP contribution is 2.45. The molecule has 6 amide bonds. The summed E-state index contributed by atoms with van der Waals surface area (Å²) in [6.07, 6.45) is 4.33. The molecule has 5 aromatic rings. The van der Waals surface area contributed by atoms with Crippen LogP contribution in [-0.2, 0) is 43.0 Å². The summed E-state index contributed by atoms with van der Waals surface area (Å²) in [6.45, 7) is 8.87. The third kappa shape index (κ3) is 16.5. The van der Waals surface area contributed by atoms with Gasteiger partial charge in [0.1, 0.15) is 12.4 Å². The first kappa shape index (κ1) is 62.0. The number of amides is 6. The summed E-state index contributed by atoms with van der Waals surface area (Å²) < 4.78 is 23.7. The van der Waals surface area contributed by atoms with Gasteiger partial charge in [0.05, 0.1) is 62.3 Å². The number of carbonyl (C=O) groups excluding carboxylic acids is 8. The largest absolute Gasteiger partial charge is 0.490 e. The molecule has 0 bridgehead atoms. The topological polar surface area (TPSA) is 228 Å². The third-order valence-electron chi connectivity index (χ3n) is 17.6. The lowest BCUT2D eigenvalue weighted by Gasteiger charge is -2.21. The Morgan fingerprint density at radius 1 is 0.437 bits per heavy atom. The Morgan fingerprint density at radius 3 is 1.08 bits per heavy atom. The van der Waals surface area contributed by atoms with Crippen molar-refractivity contribution in [2.75, 3.05) is 72.4 Å². The molecule has 4 saturated carbocycles. The minimum absolute atomic E-state index is 0.00860.